The largest absolute Gasteiger partial charge is 0.486 e. The zero-order valence-electron chi connectivity index (χ0n) is 10.9. The molecule has 0 radical (unpaired) electrons. The summed E-state index contributed by atoms with van der Waals surface area (Å²) in [7, 11) is 0. The van der Waals surface area contributed by atoms with E-state index < -0.39 is 6.04 Å². The van der Waals surface area contributed by atoms with Crippen LogP contribution in [0.15, 0.2) is 18.2 Å². The van der Waals surface area contributed by atoms with Gasteiger partial charge in [0.05, 0.1) is 0 Å². The van der Waals surface area contributed by atoms with Gasteiger partial charge in [-0.15, -0.1) is 0 Å². The van der Waals surface area contributed by atoms with E-state index >= 15 is 0 Å². The Morgan fingerprint density at radius 3 is 2.58 bits per heavy atom. The number of carbonyl (C=O) groups excluding carboxylic acids is 2. The second kappa shape index (κ2) is 5.60. The van der Waals surface area contributed by atoms with Crippen LogP contribution in [0.1, 0.15) is 13.8 Å². The maximum absolute atomic E-state index is 11.8. The number of nitrogens with one attached hydrogen (secondary N) is 2. The van der Waals surface area contributed by atoms with Crippen LogP contribution < -0.4 is 20.1 Å². The van der Waals surface area contributed by atoms with Gasteiger partial charge in [0.15, 0.2) is 11.5 Å². The average Bonchev–Trinajstić information content (AvgIpc) is 2.37. The molecule has 1 aromatic carbocycles. The SMILES string of the molecule is CC(=O)N[C@@H](C)C(=O)Nc1ccc2c(c1)OCCO2. The van der Waals surface area contributed by atoms with Gasteiger partial charge in [-0.05, 0) is 19.1 Å². The summed E-state index contributed by atoms with van der Waals surface area (Å²) < 4.78 is 10.8. The van der Waals surface area contributed by atoms with E-state index in [1.54, 1.807) is 25.1 Å². The van der Waals surface area contributed by atoms with E-state index in [1.165, 1.54) is 6.92 Å². The Hall–Kier alpha value is -2.24. The second-order valence-corrected chi connectivity index (χ2v) is 4.27. The van der Waals surface area contributed by atoms with Crippen LogP contribution in [0.3, 0.4) is 0 Å². The number of hydrogen-bond acceptors (Lipinski definition) is 4. The Kier molecular flexibility index (Phi) is 3.89. The lowest BCUT2D eigenvalue weighted by molar-refractivity contribution is -0.124. The molecule has 19 heavy (non-hydrogen) atoms. The molecule has 1 aliphatic rings. The lowest BCUT2D eigenvalue weighted by Gasteiger charge is -2.19. The van der Waals surface area contributed by atoms with Gasteiger partial charge in [-0.25, -0.2) is 0 Å². The highest BCUT2D eigenvalue weighted by molar-refractivity contribution is 5.96. The molecule has 0 aliphatic carbocycles. The number of carbonyl (C=O) groups is 2. The second-order valence-electron chi connectivity index (χ2n) is 4.27. The Morgan fingerprint density at radius 2 is 1.89 bits per heavy atom. The highest BCUT2D eigenvalue weighted by atomic mass is 16.6. The molecule has 2 amide bonds. The van der Waals surface area contributed by atoms with Crippen molar-refractivity contribution in [1.29, 1.82) is 0 Å². The molecular formula is C13H16N2O4. The standard InChI is InChI=1S/C13H16N2O4/c1-8(14-9(2)16)13(17)15-10-3-4-11-12(7-10)19-6-5-18-11/h3-4,7-8H,5-6H2,1-2H3,(H,14,16)(H,15,17)/t8-/m0/s1. The van der Waals surface area contributed by atoms with Gasteiger partial charge in [-0.1, -0.05) is 0 Å². The Bertz CT molecular complexity index is 501. The van der Waals surface area contributed by atoms with Gasteiger partial charge in [-0.2, -0.15) is 0 Å². The molecule has 1 aromatic rings. The molecule has 1 atom stereocenters. The highest BCUT2D eigenvalue weighted by Gasteiger charge is 2.16. The third-order valence-corrected chi connectivity index (χ3v) is 2.62. The van der Waals surface area contributed by atoms with Gasteiger partial charge in [0.25, 0.3) is 0 Å². The number of rotatable bonds is 3. The van der Waals surface area contributed by atoms with Crippen molar-refractivity contribution in [3.8, 4) is 11.5 Å². The van der Waals surface area contributed by atoms with Crippen LogP contribution in [0.25, 0.3) is 0 Å². The predicted molar refractivity (Wildman–Crippen MR) is 69.3 cm³/mol. The van der Waals surface area contributed by atoms with Gasteiger partial charge >= 0.3 is 0 Å². The third-order valence-electron chi connectivity index (χ3n) is 2.62. The molecule has 102 valence electrons. The van der Waals surface area contributed by atoms with Gasteiger partial charge < -0.3 is 20.1 Å². The summed E-state index contributed by atoms with van der Waals surface area (Å²) in [4.78, 5) is 22.7. The van der Waals surface area contributed by atoms with Crippen LogP contribution in [-0.2, 0) is 9.59 Å². The fourth-order valence-electron chi connectivity index (χ4n) is 1.74. The minimum atomic E-state index is -0.592. The third kappa shape index (κ3) is 3.37. The fraction of sp³-hybridized carbons (Fsp3) is 0.385. The summed E-state index contributed by atoms with van der Waals surface area (Å²) in [6.07, 6.45) is 0. The number of benzene rings is 1. The van der Waals surface area contributed by atoms with Gasteiger partial charge in [0.2, 0.25) is 11.8 Å². The van der Waals surface area contributed by atoms with Crippen molar-refractivity contribution >= 4 is 17.5 Å². The monoisotopic (exact) mass is 264 g/mol. The molecule has 0 fully saturated rings. The molecule has 2 N–H and O–H groups in total. The summed E-state index contributed by atoms with van der Waals surface area (Å²) in [6.45, 7) is 4.01. The van der Waals surface area contributed by atoms with Crippen molar-refractivity contribution in [2.24, 2.45) is 0 Å². The maximum Gasteiger partial charge on any atom is 0.246 e. The fourth-order valence-corrected chi connectivity index (χ4v) is 1.74. The summed E-state index contributed by atoms with van der Waals surface area (Å²) in [5.41, 5.74) is 0.603. The van der Waals surface area contributed by atoms with Crippen LogP contribution in [0.2, 0.25) is 0 Å². The van der Waals surface area contributed by atoms with Gasteiger partial charge in [0, 0.05) is 18.7 Å². The normalized spacial score (nSPS) is 14.4. The first-order valence-electron chi connectivity index (χ1n) is 6.04. The Labute approximate surface area is 111 Å². The van der Waals surface area contributed by atoms with Crippen molar-refractivity contribution in [2.75, 3.05) is 18.5 Å². The van der Waals surface area contributed by atoms with Crippen molar-refractivity contribution in [2.45, 2.75) is 19.9 Å². The smallest absolute Gasteiger partial charge is 0.246 e. The molecule has 6 nitrogen and oxygen atoms in total. The molecule has 0 spiro atoms. The molecular weight excluding hydrogens is 248 g/mol. The average molecular weight is 264 g/mol. The number of anilines is 1. The summed E-state index contributed by atoms with van der Waals surface area (Å²) in [6, 6.07) is 4.58. The predicted octanol–water partition coefficient (Wildman–Crippen LogP) is 0.921. The first-order chi connectivity index (χ1) is 9.06. The first-order valence-corrected chi connectivity index (χ1v) is 6.04. The van der Waals surface area contributed by atoms with E-state index in [0.29, 0.717) is 30.4 Å². The lowest BCUT2D eigenvalue weighted by atomic mass is 10.2. The van der Waals surface area contributed by atoms with Crippen LogP contribution >= 0.6 is 0 Å². The first kappa shape index (κ1) is 13.2. The van der Waals surface area contributed by atoms with E-state index in [1.807, 2.05) is 0 Å². The molecule has 2 rings (SSSR count). The molecule has 1 aliphatic heterocycles. The van der Waals surface area contributed by atoms with Crippen LogP contribution in [0, 0.1) is 0 Å². The van der Waals surface area contributed by atoms with Gasteiger partial charge in [0.1, 0.15) is 19.3 Å². The van der Waals surface area contributed by atoms with Crippen LogP contribution in [0.5, 0.6) is 11.5 Å². The van der Waals surface area contributed by atoms with Crippen molar-refractivity contribution in [3.63, 3.8) is 0 Å². The Morgan fingerprint density at radius 1 is 1.21 bits per heavy atom. The number of ether oxygens (including phenoxy) is 2. The highest BCUT2D eigenvalue weighted by Crippen LogP contribution is 2.32. The Balaban J connectivity index is 2.03. The van der Waals surface area contributed by atoms with Crippen molar-refractivity contribution in [1.82, 2.24) is 5.32 Å². The van der Waals surface area contributed by atoms with E-state index in [4.69, 9.17) is 9.47 Å². The van der Waals surface area contributed by atoms with Crippen LogP contribution in [-0.4, -0.2) is 31.1 Å². The molecule has 0 aromatic heterocycles. The molecule has 0 saturated carbocycles. The van der Waals surface area contributed by atoms with Crippen molar-refractivity contribution in [3.05, 3.63) is 18.2 Å². The van der Waals surface area contributed by atoms with E-state index in [-0.39, 0.29) is 11.8 Å². The number of amides is 2. The zero-order valence-corrected chi connectivity index (χ0v) is 10.9. The number of fused-ring (bicyclic) bond motifs is 1. The summed E-state index contributed by atoms with van der Waals surface area (Å²) >= 11 is 0. The minimum Gasteiger partial charge on any atom is -0.486 e. The summed E-state index contributed by atoms with van der Waals surface area (Å²) in [5, 5.41) is 5.23. The number of hydrogen-bond donors (Lipinski definition) is 2. The molecule has 0 saturated heterocycles. The minimum absolute atomic E-state index is 0.246. The lowest BCUT2D eigenvalue weighted by Crippen LogP contribution is -2.40. The quantitative estimate of drug-likeness (QED) is 0.851. The zero-order chi connectivity index (χ0) is 13.8. The van der Waals surface area contributed by atoms with E-state index in [0.717, 1.165) is 0 Å². The van der Waals surface area contributed by atoms with Crippen LogP contribution in [0.4, 0.5) is 5.69 Å². The maximum atomic E-state index is 11.8. The van der Waals surface area contributed by atoms with Crippen molar-refractivity contribution < 1.29 is 19.1 Å². The molecule has 0 unspecified atom stereocenters. The van der Waals surface area contributed by atoms with E-state index in [2.05, 4.69) is 10.6 Å². The molecule has 6 heteroatoms. The van der Waals surface area contributed by atoms with Gasteiger partial charge in [-0.3, -0.25) is 9.59 Å². The molecule has 0 bridgehead atoms. The van der Waals surface area contributed by atoms with E-state index in [9.17, 15) is 9.59 Å². The topological polar surface area (TPSA) is 76.7 Å². The molecule has 1 heterocycles. The summed E-state index contributed by atoms with van der Waals surface area (Å²) in [5.74, 6) is 0.743.